The number of sulfonamides is 1. The molecule has 0 amide bonds. The first-order valence-corrected chi connectivity index (χ1v) is 9.18. The van der Waals surface area contributed by atoms with Gasteiger partial charge >= 0.3 is 0 Å². The highest BCUT2D eigenvalue weighted by Gasteiger charge is 2.34. The lowest BCUT2D eigenvalue weighted by atomic mass is 10.2. The SMILES string of the molecule is Cc1nccn1C[C@@H]1CCCN1S(=O)(=O)Cc1ccccc1. The van der Waals surface area contributed by atoms with Gasteiger partial charge in [-0.25, -0.2) is 13.4 Å². The topological polar surface area (TPSA) is 55.2 Å². The third kappa shape index (κ3) is 3.23. The van der Waals surface area contributed by atoms with Crippen molar-refractivity contribution in [3.05, 3.63) is 54.1 Å². The summed E-state index contributed by atoms with van der Waals surface area (Å²) >= 11 is 0. The number of aromatic nitrogens is 2. The van der Waals surface area contributed by atoms with E-state index in [0.717, 1.165) is 24.2 Å². The average Bonchev–Trinajstić information content (AvgIpc) is 3.10. The van der Waals surface area contributed by atoms with E-state index in [0.29, 0.717) is 13.1 Å². The van der Waals surface area contributed by atoms with Crippen LogP contribution in [0.1, 0.15) is 24.2 Å². The zero-order chi connectivity index (χ0) is 15.6. The molecule has 1 aliphatic rings. The monoisotopic (exact) mass is 319 g/mol. The van der Waals surface area contributed by atoms with Crippen molar-refractivity contribution in [2.75, 3.05) is 6.54 Å². The summed E-state index contributed by atoms with van der Waals surface area (Å²) in [4.78, 5) is 4.21. The van der Waals surface area contributed by atoms with Gasteiger partial charge in [-0.15, -0.1) is 0 Å². The van der Waals surface area contributed by atoms with Crippen LogP contribution < -0.4 is 0 Å². The highest BCUT2D eigenvalue weighted by atomic mass is 32.2. The van der Waals surface area contributed by atoms with Crippen molar-refractivity contribution < 1.29 is 8.42 Å². The predicted octanol–water partition coefficient (Wildman–Crippen LogP) is 2.19. The van der Waals surface area contributed by atoms with Crippen molar-refractivity contribution in [3.8, 4) is 0 Å². The van der Waals surface area contributed by atoms with Crippen molar-refractivity contribution >= 4 is 10.0 Å². The second-order valence-electron chi connectivity index (χ2n) is 5.78. The molecule has 0 N–H and O–H groups in total. The molecule has 0 saturated carbocycles. The Bertz CT molecular complexity index is 725. The quantitative estimate of drug-likeness (QED) is 0.849. The third-order valence-electron chi connectivity index (χ3n) is 4.20. The molecule has 1 fully saturated rings. The van der Waals surface area contributed by atoms with Crippen LogP contribution in [0.15, 0.2) is 42.7 Å². The lowest BCUT2D eigenvalue weighted by Crippen LogP contribution is -2.38. The van der Waals surface area contributed by atoms with E-state index in [1.807, 2.05) is 48.0 Å². The normalized spacial score (nSPS) is 19.6. The first-order valence-electron chi connectivity index (χ1n) is 7.57. The van der Waals surface area contributed by atoms with E-state index in [4.69, 9.17) is 0 Å². The van der Waals surface area contributed by atoms with E-state index in [-0.39, 0.29) is 11.8 Å². The fourth-order valence-electron chi connectivity index (χ4n) is 3.05. The van der Waals surface area contributed by atoms with Crippen LogP contribution in [0.2, 0.25) is 0 Å². The molecular formula is C16H21N3O2S. The standard InChI is InChI=1S/C16H21N3O2S/c1-14-17-9-11-18(14)12-16-8-5-10-19(16)22(20,21)13-15-6-3-2-4-7-15/h2-4,6-7,9,11,16H,5,8,10,12-13H2,1H3/t16-/m0/s1. The van der Waals surface area contributed by atoms with Crippen LogP contribution in [0.4, 0.5) is 0 Å². The first-order chi connectivity index (χ1) is 10.6. The largest absolute Gasteiger partial charge is 0.334 e. The second-order valence-corrected chi connectivity index (χ2v) is 7.70. The zero-order valence-electron chi connectivity index (χ0n) is 12.7. The van der Waals surface area contributed by atoms with E-state index >= 15 is 0 Å². The van der Waals surface area contributed by atoms with Gasteiger partial charge in [0, 0.05) is 31.5 Å². The number of rotatable bonds is 5. The predicted molar refractivity (Wildman–Crippen MR) is 85.8 cm³/mol. The van der Waals surface area contributed by atoms with Crippen molar-refractivity contribution in [2.45, 2.75) is 38.1 Å². The summed E-state index contributed by atoms with van der Waals surface area (Å²) in [5.41, 5.74) is 0.840. The summed E-state index contributed by atoms with van der Waals surface area (Å²) in [6, 6.07) is 9.41. The molecule has 0 aliphatic carbocycles. The number of imidazole rings is 1. The van der Waals surface area contributed by atoms with E-state index in [1.54, 1.807) is 10.5 Å². The fraction of sp³-hybridized carbons (Fsp3) is 0.438. The molecular weight excluding hydrogens is 298 g/mol. The summed E-state index contributed by atoms with van der Waals surface area (Å²) in [5, 5.41) is 0. The molecule has 0 unspecified atom stereocenters. The minimum atomic E-state index is -3.28. The summed E-state index contributed by atoms with van der Waals surface area (Å²) in [7, 11) is -3.28. The Kier molecular flexibility index (Phi) is 4.31. The molecule has 0 bridgehead atoms. The van der Waals surface area contributed by atoms with Gasteiger partial charge in [0.05, 0.1) is 5.75 Å². The molecule has 22 heavy (non-hydrogen) atoms. The van der Waals surface area contributed by atoms with Crippen LogP contribution in [0.5, 0.6) is 0 Å². The minimum Gasteiger partial charge on any atom is -0.334 e. The molecule has 2 heterocycles. The molecule has 1 aromatic heterocycles. The van der Waals surface area contributed by atoms with Crippen molar-refractivity contribution in [1.29, 1.82) is 0 Å². The molecule has 2 aromatic rings. The van der Waals surface area contributed by atoms with Crippen LogP contribution in [0, 0.1) is 6.92 Å². The van der Waals surface area contributed by atoms with Crippen LogP contribution in [-0.4, -0.2) is 34.9 Å². The van der Waals surface area contributed by atoms with Gasteiger partial charge < -0.3 is 4.57 Å². The third-order valence-corrected chi connectivity index (χ3v) is 6.10. The maximum Gasteiger partial charge on any atom is 0.218 e. The Morgan fingerprint density at radius 2 is 2.05 bits per heavy atom. The first kappa shape index (κ1) is 15.2. The van der Waals surface area contributed by atoms with Gasteiger partial charge in [0.2, 0.25) is 10.0 Å². The zero-order valence-corrected chi connectivity index (χ0v) is 13.5. The van der Waals surface area contributed by atoms with Gasteiger partial charge in [0.1, 0.15) is 5.82 Å². The summed E-state index contributed by atoms with van der Waals surface area (Å²) in [6.45, 7) is 3.24. The molecule has 6 heteroatoms. The molecule has 3 rings (SSSR count). The van der Waals surface area contributed by atoms with Gasteiger partial charge in [0.15, 0.2) is 0 Å². The van der Waals surface area contributed by atoms with E-state index < -0.39 is 10.0 Å². The van der Waals surface area contributed by atoms with E-state index in [1.165, 1.54) is 0 Å². The van der Waals surface area contributed by atoms with Gasteiger partial charge in [-0.05, 0) is 25.3 Å². The maximum absolute atomic E-state index is 12.7. The molecule has 5 nitrogen and oxygen atoms in total. The fourth-order valence-corrected chi connectivity index (χ4v) is 4.86. The summed E-state index contributed by atoms with van der Waals surface area (Å²) in [6.07, 6.45) is 5.50. The lowest BCUT2D eigenvalue weighted by molar-refractivity contribution is 0.349. The maximum atomic E-state index is 12.7. The molecule has 1 aromatic carbocycles. The van der Waals surface area contributed by atoms with E-state index in [9.17, 15) is 8.42 Å². The number of hydrogen-bond donors (Lipinski definition) is 0. The highest BCUT2D eigenvalue weighted by molar-refractivity contribution is 7.88. The molecule has 1 saturated heterocycles. The molecule has 118 valence electrons. The Labute approximate surface area is 131 Å². The molecule has 0 spiro atoms. The number of benzene rings is 1. The lowest BCUT2D eigenvalue weighted by Gasteiger charge is -2.25. The van der Waals surface area contributed by atoms with Crippen LogP contribution in [0.25, 0.3) is 0 Å². The summed E-state index contributed by atoms with van der Waals surface area (Å²) in [5.74, 6) is 1.00. The smallest absolute Gasteiger partial charge is 0.218 e. The Balaban J connectivity index is 1.76. The molecule has 0 radical (unpaired) electrons. The number of hydrogen-bond acceptors (Lipinski definition) is 3. The molecule has 1 aliphatic heterocycles. The van der Waals surface area contributed by atoms with Gasteiger partial charge in [-0.2, -0.15) is 4.31 Å². The van der Waals surface area contributed by atoms with Crippen molar-refractivity contribution in [1.82, 2.24) is 13.9 Å². The number of nitrogens with zero attached hydrogens (tertiary/aromatic N) is 3. The van der Waals surface area contributed by atoms with Gasteiger partial charge in [0.25, 0.3) is 0 Å². The van der Waals surface area contributed by atoms with Gasteiger partial charge in [-0.1, -0.05) is 30.3 Å². The van der Waals surface area contributed by atoms with Crippen molar-refractivity contribution in [3.63, 3.8) is 0 Å². The minimum absolute atomic E-state index is 0.0293. The van der Waals surface area contributed by atoms with Crippen LogP contribution >= 0.6 is 0 Å². The second kappa shape index (κ2) is 6.22. The summed E-state index contributed by atoms with van der Waals surface area (Å²) < 4.78 is 29.2. The van der Waals surface area contributed by atoms with E-state index in [2.05, 4.69) is 4.98 Å². The van der Waals surface area contributed by atoms with Crippen molar-refractivity contribution in [2.24, 2.45) is 0 Å². The van der Waals surface area contributed by atoms with Gasteiger partial charge in [-0.3, -0.25) is 0 Å². The Morgan fingerprint density at radius 3 is 2.73 bits per heavy atom. The Morgan fingerprint density at radius 1 is 1.27 bits per heavy atom. The molecule has 1 atom stereocenters. The average molecular weight is 319 g/mol. The van der Waals surface area contributed by atoms with Crippen LogP contribution in [-0.2, 0) is 22.3 Å². The number of aryl methyl sites for hydroxylation is 1. The Hall–Kier alpha value is -1.66. The van der Waals surface area contributed by atoms with Crippen LogP contribution in [0.3, 0.4) is 0 Å². The highest BCUT2D eigenvalue weighted by Crippen LogP contribution is 2.25.